The molecule has 0 aliphatic heterocycles. The summed E-state index contributed by atoms with van der Waals surface area (Å²) in [7, 11) is 0. The quantitative estimate of drug-likeness (QED) is 0.330. The van der Waals surface area contributed by atoms with Crippen LogP contribution in [0.4, 0.5) is 10.2 Å². The number of phenols is 1. The third kappa shape index (κ3) is 4.18. The Bertz CT molecular complexity index is 1630. The third-order valence-corrected chi connectivity index (χ3v) is 6.50. The van der Waals surface area contributed by atoms with Gasteiger partial charge in [0.2, 0.25) is 5.91 Å². The van der Waals surface area contributed by atoms with Crippen molar-refractivity contribution in [2.45, 2.75) is 19.3 Å². The summed E-state index contributed by atoms with van der Waals surface area (Å²) in [4.78, 5) is 22.8. The third-order valence-electron chi connectivity index (χ3n) is 6.50. The second-order valence-corrected chi connectivity index (χ2v) is 8.97. The van der Waals surface area contributed by atoms with E-state index in [9.17, 15) is 14.3 Å². The minimum absolute atomic E-state index is 0.132. The molecule has 5 nitrogen and oxygen atoms in total. The van der Waals surface area contributed by atoms with E-state index in [0.29, 0.717) is 35.6 Å². The summed E-state index contributed by atoms with van der Waals surface area (Å²) >= 11 is 0. The smallest absolute Gasteiger partial charge is 0.230 e. The number of halogens is 1. The van der Waals surface area contributed by atoms with Crippen LogP contribution in [0, 0.1) is 5.82 Å². The fraction of sp³-hybridized carbons (Fsp3) is 0.100. The van der Waals surface area contributed by atoms with Crippen molar-refractivity contribution in [1.29, 1.82) is 0 Å². The highest BCUT2D eigenvalue weighted by molar-refractivity contribution is 5.96. The van der Waals surface area contributed by atoms with Crippen molar-refractivity contribution >= 4 is 22.5 Å². The molecule has 1 heterocycles. The summed E-state index contributed by atoms with van der Waals surface area (Å²) in [6.45, 7) is 0. The van der Waals surface area contributed by atoms with E-state index < -0.39 is 0 Å². The van der Waals surface area contributed by atoms with Gasteiger partial charge in [0.15, 0.2) is 5.82 Å². The normalized spacial score (nSPS) is 12.1. The van der Waals surface area contributed by atoms with Crippen molar-refractivity contribution in [3.05, 3.63) is 108 Å². The Morgan fingerprint density at radius 2 is 1.67 bits per heavy atom. The zero-order valence-corrected chi connectivity index (χ0v) is 19.3. The van der Waals surface area contributed by atoms with Gasteiger partial charge in [-0.3, -0.25) is 4.79 Å². The number of aromatic hydroxyl groups is 1. The highest BCUT2D eigenvalue weighted by Gasteiger charge is 2.23. The number of carbonyl (C=O) groups is 1. The van der Waals surface area contributed by atoms with Crippen LogP contribution in [0.1, 0.15) is 16.8 Å². The first-order chi connectivity index (χ1) is 17.5. The van der Waals surface area contributed by atoms with Crippen molar-refractivity contribution in [1.82, 2.24) is 9.97 Å². The monoisotopic (exact) mass is 475 g/mol. The van der Waals surface area contributed by atoms with Crippen molar-refractivity contribution < 1.29 is 14.3 Å². The molecule has 0 radical (unpaired) electrons. The van der Waals surface area contributed by atoms with Gasteiger partial charge >= 0.3 is 0 Å². The fourth-order valence-electron chi connectivity index (χ4n) is 4.73. The molecule has 4 aromatic carbocycles. The lowest BCUT2D eigenvalue weighted by Gasteiger charge is -2.21. The van der Waals surface area contributed by atoms with E-state index >= 15 is 0 Å². The van der Waals surface area contributed by atoms with E-state index in [1.54, 1.807) is 36.4 Å². The molecule has 0 atom stereocenters. The van der Waals surface area contributed by atoms with Gasteiger partial charge in [-0.1, -0.05) is 42.5 Å². The Balaban J connectivity index is 1.37. The Morgan fingerprint density at radius 1 is 0.861 bits per heavy atom. The topological polar surface area (TPSA) is 75.1 Å². The Labute approximate surface area is 207 Å². The van der Waals surface area contributed by atoms with Gasteiger partial charge in [-0.05, 0) is 77.2 Å². The second-order valence-electron chi connectivity index (χ2n) is 8.97. The molecule has 5 aromatic rings. The van der Waals surface area contributed by atoms with E-state index in [2.05, 4.69) is 5.32 Å². The van der Waals surface area contributed by atoms with Crippen molar-refractivity contribution in [3.8, 4) is 28.3 Å². The molecule has 36 heavy (non-hydrogen) atoms. The molecule has 0 unspecified atom stereocenters. The van der Waals surface area contributed by atoms with E-state index in [1.807, 2.05) is 42.5 Å². The molecule has 0 saturated heterocycles. The highest BCUT2D eigenvalue weighted by Crippen LogP contribution is 2.36. The maximum Gasteiger partial charge on any atom is 0.230 e. The predicted molar refractivity (Wildman–Crippen MR) is 138 cm³/mol. The number of hydrogen-bond donors (Lipinski definition) is 2. The van der Waals surface area contributed by atoms with Crippen LogP contribution >= 0.6 is 0 Å². The van der Waals surface area contributed by atoms with Gasteiger partial charge in [0.1, 0.15) is 17.3 Å². The number of anilines is 1. The Kier molecular flexibility index (Phi) is 5.41. The summed E-state index contributed by atoms with van der Waals surface area (Å²) in [6, 6.07) is 25.3. The first kappa shape index (κ1) is 21.9. The van der Waals surface area contributed by atoms with Crippen LogP contribution in [-0.2, 0) is 24.1 Å². The standard InChI is InChI=1S/C30H22FN3O2/c31-23-10-13-25-22(17-23)9-14-26-29(25)34-28(20-7-11-24(35)12-8-20)30(32-26)33-27(36)16-18-5-6-19-3-1-2-4-21(19)15-18/h1-8,10-13,15,17,35H,9,14,16H2,(H,32,33,36). The van der Waals surface area contributed by atoms with Crippen LogP contribution in [0.3, 0.4) is 0 Å². The Morgan fingerprint density at radius 3 is 2.50 bits per heavy atom. The molecule has 176 valence electrons. The van der Waals surface area contributed by atoms with Crippen LogP contribution in [-0.4, -0.2) is 21.0 Å². The molecule has 0 bridgehead atoms. The highest BCUT2D eigenvalue weighted by atomic mass is 19.1. The minimum atomic E-state index is -0.276. The fourth-order valence-corrected chi connectivity index (χ4v) is 4.73. The number of carbonyl (C=O) groups excluding carboxylic acids is 1. The van der Waals surface area contributed by atoms with E-state index in [4.69, 9.17) is 9.97 Å². The molecule has 0 spiro atoms. The van der Waals surface area contributed by atoms with Gasteiger partial charge < -0.3 is 10.4 Å². The van der Waals surface area contributed by atoms with Crippen LogP contribution in [0.15, 0.2) is 84.9 Å². The molecule has 1 aliphatic carbocycles. The maximum atomic E-state index is 13.8. The molecular formula is C30H22FN3O2. The van der Waals surface area contributed by atoms with Crippen LogP contribution in [0.25, 0.3) is 33.3 Å². The molecular weight excluding hydrogens is 453 g/mol. The number of nitrogens with zero attached hydrogens (tertiary/aromatic N) is 2. The van der Waals surface area contributed by atoms with Gasteiger partial charge in [-0.15, -0.1) is 0 Å². The first-order valence-electron chi connectivity index (χ1n) is 11.8. The number of benzene rings is 4. The number of aromatic nitrogens is 2. The van der Waals surface area contributed by atoms with Crippen LogP contribution in [0.2, 0.25) is 0 Å². The van der Waals surface area contributed by atoms with Crippen LogP contribution < -0.4 is 5.32 Å². The SMILES string of the molecule is O=C(Cc1ccc2ccccc2c1)Nc1nc2c(nc1-c1ccc(O)cc1)-c1ccc(F)cc1CC2. The van der Waals surface area contributed by atoms with Gasteiger partial charge in [0, 0.05) is 11.1 Å². The Hall–Kier alpha value is -4.58. The lowest BCUT2D eigenvalue weighted by atomic mass is 9.91. The summed E-state index contributed by atoms with van der Waals surface area (Å²) in [5, 5.41) is 14.9. The first-order valence-corrected chi connectivity index (χ1v) is 11.8. The number of amides is 1. The lowest BCUT2D eigenvalue weighted by molar-refractivity contribution is -0.115. The maximum absolute atomic E-state index is 13.8. The van der Waals surface area contributed by atoms with E-state index in [0.717, 1.165) is 33.2 Å². The number of fused-ring (bicyclic) bond motifs is 4. The van der Waals surface area contributed by atoms with Gasteiger partial charge in [0.05, 0.1) is 17.8 Å². The zero-order chi connectivity index (χ0) is 24.6. The number of hydrogen-bond acceptors (Lipinski definition) is 4. The molecule has 0 saturated carbocycles. The molecule has 0 fully saturated rings. The summed E-state index contributed by atoms with van der Waals surface area (Å²) in [5.41, 5.74) is 5.29. The molecule has 6 heteroatoms. The van der Waals surface area contributed by atoms with Crippen LogP contribution in [0.5, 0.6) is 5.75 Å². The molecule has 1 amide bonds. The van der Waals surface area contributed by atoms with E-state index in [-0.39, 0.29) is 23.9 Å². The number of phenolic OH excluding ortho intramolecular Hbond substituents is 1. The van der Waals surface area contributed by atoms with Crippen molar-refractivity contribution in [2.75, 3.05) is 5.32 Å². The average Bonchev–Trinajstić information content (AvgIpc) is 2.88. The van der Waals surface area contributed by atoms with Crippen molar-refractivity contribution in [2.24, 2.45) is 0 Å². The van der Waals surface area contributed by atoms with E-state index in [1.165, 1.54) is 6.07 Å². The number of nitrogens with one attached hydrogen (secondary N) is 1. The predicted octanol–water partition coefficient (Wildman–Crippen LogP) is 6.09. The summed E-state index contributed by atoms with van der Waals surface area (Å²) in [6.07, 6.45) is 1.45. The minimum Gasteiger partial charge on any atom is -0.508 e. The molecule has 6 rings (SSSR count). The number of aryl methyl sites for hydroxylation is 2. The summed E-state index contributed by atoms with van der Waals surface area (Å²) < 4.78 is 13.8. The largest absolute Gasteiger partial charge is 0.508 e. The summed E-state index contributed by atoms with van der Waals surface area (Å²) in [5.74, 6) is 0.0301. The number of rotatable bonds is 4. The zero-order valence-electron chi connectivity index (χ0n) is 19.3. The molecule has 1 aliphatic rings. The van der Waals surface area contributed by atoms with Crippen molar-refractivity contribution in [3.63, 3.8) is 0 Å². The second kappa shape index (κ2) is 8.89. The van der Waals surface area contributed by atoms with Gasteiger partial charge in [-0.2, -0.15) is 0 Å². The lowest BCUT2D eigenvalue weighted by Crippen LogP contribution is -2.19. The molecule has 1 aromatic heterocycles. The average molecular weight is 476 g/mol. The van der Waals surface area contributed by atoms with Gasteiger partial charge in [-0.25, -0.2) is 14.4 Å². The molecule has 2 N–H and O–H groups in total. The van der Waals surface area contributed by atoms with Gasteiger partial charge in [0.25, 0.3) is 0 Å².